The van der Waals surface area contributed by atoms with Crippen LogP contribution in [0.15, 0.2) is 24.3 Å². The summed E-state index contributed by atoms with van der Waals surface area (Å²) in [5, 5.41) is 11.7. The van der Waals surface area contributed by atoms with Crippen LogP contribution in [0.2, 0.25) is 0 Å². The van der Waals surface area contributed by atoms with Gasteiger partial charge in [0, 0.05) is 11.3 Å². The molecule has 1 atom stereocenters. The highest BCUT2D eigenvalue weighted by atomic mass is 32.2. The fourth-order valence-corrected chi connectivity index (χ4v) is 2.33. The van der Waals surface area contributed by atoms with Gasteiger partial charge in [-0.15, -0.1) is 11.8 Å². The van der Waals surface area contributed by atoms with Crippen LogP contribution in [0.3, 0.4) is 0 Å². The number of amides is 1. The highest BCUT2D eigenvalue weighted by Crippen LogP contribution is 2.19. The molecule has 1 aromatic carbocycles. The number of nitriles is 1. The Morgan fingerprint density at radius 3 is 2.74 bits per heavy atom. The number of benzene rings is 1. The second-order valence-corrected chi connectivity index (χ2v) is 6.83. The lowest BCUT2D eigenvalue weighted by molar-refractivity contribution is -0.121. The van der Waals surface area contributed by atoms with E-state index >= 15 is 0 Å². The molecule has 4 heteroatoms. The third kappa shape index (κ3) is 5.80. The summed E-state index contributed by atoms with van der Waals surface area (Å²) in [6.45, 7) is 7.82. The molecule has 1 aromatic rings. The number of rotatable bonds is 4. The van der Waals surface area contributed by atoms with Crippen molar-refractivity contribution in [2.75, 3.05) is 0 Å². The molecule has 0 aromatic heterocycles. The lowest BCUT2D eigenvalue weighted by Crippen LogP contribution is -2.44. The van der Waals surface area contributed by atoms with Gasteiger partial charge in [0.2, 0.25) is 5.91 Å². The van der Waals surface area contributed by atoms with Crippen molar-refractivity contribution in [2.24, 2.45) is 0 Å². The summed E-state index contributed by atoms with van der Waals surface area (Å²) in [4.78, 5) is 11.9. The van der Waals surface area contributed by atoms with Crippen molar-refractivity contribution < 1.29 is 4.79 Å². The van der Waals surface area contributed by atoms with Crippen molar-refractivity contribution >= 4 is 17.7 Å². The first-order valence-electron chi connectivity index (χ1n) is 6.24. The quantitative estimate of drug-likeness (QED) is 0.919. The van der Waals surface area contributed by atoms with Crippen LogP contribution in [-0.4, -0.2) is 16.7 Å². The number of nitrogens with zero attached hydrogens (tertiary/aromatic N) is 1. The van der Waals surface area contributed by atoms with Crippen molar-refractivity contribution in [1.82, 2.24) is 5.32 Å². The summed E-state index contributed by atoms with van der Waals surface area (Å²) < 4.78 is 0. The molecule has 0 spiro atoms. The van der Waals surface area contributed by atoms with E-state index in [-0.39, 0.29) is 16.7 Å². The summed E-state index contributed by atoms with van der Waals surface area (Å²) in [6, 6.07) is 9.61. The first-order chi connectivity index (χ1) is 8.81. The lowest BCUT2D eigenvalue weighted by Gasteiger charge is -2.23. The molecule has 0 aliphatic heterocycles. The van der Waals surface area contributed by atoms with E-state index in [1.54, 1.807) is 17.8 Å². The van der Waals surface area contributed by atoms with Crippen LogP contribution < -0.4 is 5.32 Å². The van der Waals surface area contributed by atoms with Crippen LogP contribution >= 0.6 is 11.8 Å². The van der Waals surface area contributed by atoms with Gasteiger partial charge in [-0.2, -0.15) is 5.26 Å². The Morgan fingerprint density at radius 2 is 2.16 bits per heavy atom. The van der Waals surface area contributed by atoms with Crippen molar-refractivity contribution in [2.45, 2.75) is 44.2 Å². The standard InChI is InChI=1S/C15H20N2OS/c1-11(14(18)17-15(2,3)4)19-10-13-7-5-6-12(8-13)9-16/h5-8,11H,10H2,1-4H3,(H,17,18)/t11-/m0/s1. The van der Waals surface area contributed by atoms with Crippen LogP contribution in [0.1, 0.15) is 38.8 Å². The number of carbonyl (C=O) groups excluding carboxylic acids is 1. The van der Waals surface area contributed by atoms with Gasteiger partial charge >= 0.3 is 0 Å². The van der Waals surface area contributed by atoms with Crippen molar-refractivity contribution in [3.05, 3.63) is 35.4 Å². The molecule has 3 nitrogen and oxygen atoms in total. The molecule has 102 valence electrons. The maximum atomic E-state index is 11.9. The zero-order valence-electron chi connectivity index (χ0n) is 11.9. The smallest absolute Gasteiger partial charge is 0.233 e. The summed E-state index contributed by atoms with van der Waals surface area (Å²) in [5.41, 5.74) is 1.52. The molecular weight excluding hydrogens is 256 g/mol. The average molecular weight is 276 g/mol. The van der Waals surface area contributed by atoms with Crippen LogP contribution in [-0.2, 0) is 10.5 Å². The van der Waals surface area contributed by atoms with E-state index < -0.39 is 0 Å². The van der Waals surface area contributed by atoms with Gasteiger partial charge in [-0.05, 0) is 45.4 Å². The van der Waals surface area contributed by atoms with Crippen LogP contribution in [0.25, 0.3) is 0 Å². The van der Waals surface area contributed by atoms with E-state index in [0.717, 1.165) is 11.3 Å². The van der Waals surface area contributed by atoms with E-state index in [2.05, 4.69) is 11.4 Å². The monoisotopic (exact) mass is 276 g/mol. The van der Waals surface area contributed by atoms with E-state index in [1.165, 1.54) is 0 Å². The predicted octanol–water partition coefficient (Wildman–Crippen LogP) is 3.09. The number of hydrogen-bond donors (Lipinski definition) is 1. The van der Waals surface area contributed by atoms with Gasteiger partial charge in [-0.3, -0.25) is 4.79 Å². The third-order valence-corrected chi connectivity index (χ3v) is 3.64. The minimum absolute atomic E-state index is 0.0499. The van der Waals surface area contributed by atoms with Crippen LogP contribution in [0.4, 0.5) is 0 Å². The second kappa shape index (κ2) is 6.63. The number of carbonyl (C=O) groups is 1. The molecule has 19 heavy (non-hydrogen) atoms. The number of hydrogen-bond acceptors (Lipinski definition) is 3. The largest absolute Gasteiger partial charge is 0.351 e. The minimum atomic E-state index is -0.202. The van der Waals surface area contributed by atoms with E-state index in [0.29, 0.717) is 5.56 Å². The number of nitrogens with one attached hydrogen (secondary N) is 1. The highest BCUT2D eigenvalue weighted by Gasteiger charge is 2.19. The molecule has 0 unspecified atom stereocenters. The van der Waals surface area contributed by atoms with Crippen LogP contribution in [0.5, 0.6) is 0 Å². The topological polar surface area (TPSA) is 52.9 Å². The van der Waals surface area contributed by atoms with Gasteiger partial charge in [0.25, 0.3) is 0 Å². The van der Waals surface area contributed by atoms with Gasteiger partial charge < -0.3 is 5.32 Å². The maximum Gasteiger partial charge on any atom is 0.233 e. The fourth-order valence-electron chi connectivity index (χ4n) is 1.50. The summed E-state index contributed by atoms with van der Waals surface area (Å²) in [5.74, 6) is 0.780. The molecule has 0 fully saturated rings. The summed E-state index contributed by atoms with van der Waals surface area (Å²) in [7, 11) is 0. The van der Waals surface area contributed by atoms with Crippen molar-refractivity contribution in [1.29, 1.82) is 5.26 Å². The first kappa shape index (κ1) is 15.6. The minimum Gasteiger partial charge on any atom is -0.351 e. The molecular formula is C15H20N2OS. The molecule has 1 amide bonds. The molecule has 0 radical (unpaired) electrons. The first-order valence-corrected chi connectivity index (χ1v) is 7.29. The van der Waals surface area contributed by atoms with Gasteiger partial charge in [0.1, 0.15) is 0 Å². The second-order valence-electron chi connectivity index (χ2n) is 5.50. The van der Waals surface area contributed by atoms with Gasteiger partial charge in [-0.25, -0.2) is 0 Å². The SMILES string of the molecule is C[C@H](SCc1cccc(C#N)c1)C(=O)NC(C)(C)C. The van der Waals surface area contributed by atoms with Gasteiger partial charge in [0.15, 0.2) is 0 Å². The lowest BCUT2D eigenvalue weighted by atomic mass is 10.1. The van der Waals surface area contributed by atoms with Crippen LogP contribution in [0, 0.1) is 11.3 Å². The molecule has 1 rings (SSSR count). The fraction of sp³-hybridized carbons (Fsp3) is 0.467. The molecule has 0 aliphatic carbocycles. The zero-order valence-corrected chi connectivity index (χ0v) is 12.7. The molecule has 0 aliphatic rings. The summed E-state index contributed by atoms with van der Waals surface area (Å²) in [6.07, 6.45) is 0. The maximum absolute atomic E-state index is 11.9. The molecule has 0 bridgehead atoms. The molecule has 1 N–H and O–H groups in total. The van der Waals surface area contributed by atoms with E-state index in [1.807, 2.05) is 45.9 Å². The third-order valence-electron chi connectivity index (χ3n) is 2.42. The normalized spacial score (nSPS) is 12.6. The Bertz CT molecular complexity index is 486. The van der Waals surface area contributed by atoms with Crippen molar-refractivity contribution in [3.63, 3.8) is 0 Å². The predicted molar refractivity (Wildman–Crippen MR) is 79.8 cm³/mol. The van der Waals surface area contributed by atoms with E-state index in [4.69, 9.17) is 5.26 Å². The average Bonchev–Trinajstić information content (AvgIpc) is 2.34. The Balaban J connectivity index is 2.52. The summed E-state index contributed by atoms with van der Waals surface area (Å²) >= 11 is 1.58. The Kier molecular flexibility index (Phi) is 5.44. The van der Waals surface area contributed by atoms with Gasteiger partial charge in [0.05, 0.1) is 16.9 Å². The molecule has 0 heterocycles. The highest BCUT2D eigenvalue weighted by molar-refractivity contribution is 7.99. The van der Waals surface area contributed by atoms with Gasteiger partial charge in [-0.1, -0.05) is 12.1 Å². The zero-order chi connectivity index (χ0) is 14.5. The van der Waals surface area contributed by atoms with E-state index in [9.17, 15) is 4.79 Å². The van der Waals surface area contributed by atoms with Crippen molar-refractivity contribution in [3.8, 4) is 6.07 Å². The Morgan fingerprint density at radius 1 is 1.47 bits per heavy atom. The molecule has 0 saturated carbocycles. The molecule has 0 saturated heterocycles. The Hall–Kier alpha value is -1.47. The number of thioether (sulfide) groups is 1. The Labute approximate surface area is 119 Å².